The molecular weight excluding hydrogens is 254 g/mol. The van der Waals surface area contributed by atoms with Crippen molar-refractivity contribution in [2.24, 2.45) is 0 Å². The molecule has 1 aromatic carbocycles. The molecule has 104 valence electrons. The minimum atomic E-state index is 0.992. The van der Waals surface area contributed by atoms with Crippen molar-refractivity contribution in [3.05, 3.63) is 70.4 Å². The molecule has 2 aliphatic carbocycles. The van der Waals surface area contributed by atoms with Crippen LogP contribution in [0, 0.1) is 0 Å². The maximum atomic E-state index is 2.45. The predicted molar refractivity (Wildman–Crippen MR) is 89.7 cm³/mol. The number of rotatable bonds is 1. The molecule has 2 aromatic rings. The van der Waals surface area contributed by atoms with Gasteiger partial charge in [0, 0.05) is 33.9 Å². The van der Waals surface area contributed by atoms with Crippen molar-refractivity contribution >= 4 is 18.2 Å². The van der Waals surface area contributed by atoms with Gasteiger partial charge in [0.05, 0.1) is 0 Å². The van der Waals surface area contributed by atoms with E-state index in [2.05, 4.69) is 71.4 Å². The van der Waals surface area contributed by atoms with Gasteiger partial charge in [-0.1, -0.05) is 54.7 Å². The van der Waals surface area contributed by atoms with E-state index in [9.17, 15) is 0 Å². The van der Waals surface area contributed by atoms with E-state index in [1.54, 1.807) is 0 Å². The van der Waals surface area contributed by atoms with E-state index >= 15 is 0 Å². The highest BCUT2D eigenvalue weighted by atomic mass is 15.0. The number of benzene rings is 1. The largest absolute Gasteiger partial charge is 0.313 e. The van der Waals surface area contributed by atoms with E-state index in [0.717, 1.165) is 6.42 Å². The zero-order chi connectivity index (χ0) is 14.1. The summed E-state index contributed by atoms with van der Waals surface area (Å²) in [5.41, 5.74) is 4.08. The Labute approximate surface area is 125 Å². The van der Waals surface area contributed by atoms with E-state index in [1.807, 2.05) is 0 Å². The standard InChI is InChI=1S/C20H19N/c1-4-10-16(11-5-1)21-19-14-8-2-6-12-17(19)18-13-7-3-9-15-20(18)21/h1-2,4-6,8,10-13,15H,3,7,9,14H2. The molecule has 0 N–H and O–H groups in total. The van der Waals surface area contributed by atoms with Crippen LogP contribution in [0.1, 0.15) is 30.5 Å². The summed E-state index contributed by atoms with van der Waals surface area (Å²) in [4.78, 5) is 0. The molecule has 0 saturated heterocycles. The Morgan fingerprint density at radius 2 is 1.76 bits per heavy atom. The molecule has 0 unspecified atom stereocenters. The van der Waals surface area contributed by atoms with E-state index in [-0.39, 0.29) is 0 Å². The average molecular weight is 273 g/mol. The zero-order valence-corrected chi connectivity index (χ0v) is 12.1. The van der Waals surface area contributed by atoms with Gasteiger partial charge in [0.15, 0.2) is 0 Å². The van der Waals surface area contributed by atoms with Crippen molar-refractivity contribution < 1.29 is 0 Å². The first-order chi connectivity index (χ1) is 10.4. The molecule has 1 nitrogen and oxygen atoms in total. The first-order valence-corrected chi connectivity index (χ1v) is 7.78. The van der Waals surface area contributed by atoms with Crippen LogP contribution in [0.2, 0.25) is 0 Å². The molecule has 2 aliphatic rings. The third-order valence-electron chi connectivity index (χ3n) is 4.32. The number of hydrogen-bond donors (Lipinski definition) is 0. The lowest BCUT2D eigenvalue weighted by molar-refractivity contribution is 0.908. The Morgan fingerprint density at radius 3 is 2.67 bits per heavy atom. The summed E-state index contributed by atoms with van der Waals surface area (Å²) in [6.45, 7) is 0. The number of para-hydroxylation sites is 1. The molecule has 0 radical (unpaired) electrons. The summed E-state index contributed by atoms with van der Waals surface area (Å²) >= 11 is 0. The highest BCUT2D eigenvalue weighted by molar-refractivity contribution is 5.62. The Balaban J connectivity index is 2.12. The number of fused-ring (bicyclic) bond motifs is 3. The molecule has 21 heavy (non-hydrogen) atoms. The Bertz CT molecular complexity index is 832. The van der Waals surface area contributed by atoms with Gasteiger partial charge in [-0.05, 0) is 31.4 Å². The van der Waals surface area contributed by atoms with Crippen LogP contribution >= 0.6 is 0 Å². The molecule has 0 amide bonds. The summed E-state index contributed by atoms with van der Waals surface area (Å²) in [7, 11) is 0. The van der Waals surface area contributed by atoms with Gasteiger partial charge >= 0.3 is 0 Å². The minimum Gasteiger partial charge on any atom is -0.313 e. The molecule has 1 heterocycles. The Hall–Kier alpha value is -2.28. The van der Waals surface area contributed by atoms with Gasteiger partial charge in [0.25, 0.3) is 0 Å². The van der Waals surface area contributed by atoms with Gasteiger partial charge in [-0.15, -0.1) is 0 Å². The number of hydrogen-bond acceptors (Lipinski definition) is 0. The highest BCUT2D eigenvalue weighted by Crippen LogP contribution is 2.17. The lowest BCUT2D eigenvalue weighted by Crippen LogP contribution is -2.28. The second-order valence-electron chi connectivity index (χ2n) is 5.66. The fourth-order valence-electron chi connectivity index (χ4n) is 3.37. The van der Waals surface area contributed by atoms with Crippen molar-refractivity contribution in [1.29, 1.82) is 0 Å². The monoisotopic (exact) mass is 273 g/mol. The van der Waals surface area contributed by atoms with Crippen LogP contribution in [0.25, 0.3) is 23.9 Å². The van der Waals surface area contributed by atoms with Crippen molar-refractivity contribution in [2.45, 2.75) is 25.7 Å². The van der Waals surface area contributed by atoms with Gasteiger partial charge in [0.2, 0.25) is 0 Å². The maximum Gasteiger partial charge on any atom is 0.0494 e. The summed E-state index contributed by atoms with van der Waals surface area (Å²) < 4.78 is 2.45. The predicted octanol–water partition coefficient (Wildman–Crippen LogP) is 3.35. The molecule has 0 saturated carbocycles. The third kappa shape index (κ3) is 2.09. The van der Waals surface area contributed by atoms with Crippen molar-refractivity contribution in [2.75, 3.05) is 0 Å². The molecule has 0 aliphatic heterocycles. The Morgan fingerprint density at radius 1 is 0.905 bits per heavy atom. The van der Waals surface area contributed by atoms with E-state index in [1.165, 1.54) is 46.8 Å². The first-order valence-electron chi connectivity index (χ1n) is 7.78. The molecule has 4 rings (SSSR count). The van der Waals surface area contributed by atoms with Crippen molar-refractivity contribution in [3.8, 4) is 5.69 Å². The molecular formula is C20H19N. The van der Waals surface area contributed by atoms with Crippen molar-refractivity contribution in [3.63, 3.8) is 0 Å². The van der Waals surface area contributed by atoms with Crippen LogP contribution in [-0.4, -0.2) is 4.57 Å². The number of nitrogens with zero attached hydrogens (tertiary/aromatic N) is 1. The molecule has 1 heteroatoms. The molecule has 1 aromatic heterocycles. The zero-order valence-electron chi connectivity index (χ0n) is 12.1. The molecule has 0 spiro atoms. The van der Waals surface area contributed by atoms with Crippen LogP contribution in [0.5, 0.6) is 0 Å². The van der Waals surface area contributed by atoms with Gasteiger partial charge in [-0.25, -0.2) is 0 Å². The quantitative estimate of drug-likeness (QED) is 0.751. The van der Waals surface area contributed by atoms with Gasteiger partial charge in [0.1, 0.15) is 0 Å². The molecule has 0 bridgehead atoms. The smallest absolute Gasteiger partial charge is 0.0494 e. The third-order valence-corrected chi connectivity index (χ3v) is 4.32. The summed E-state index contributed by atoms with van der Waals surface area (Å²) in [5, 5.41) is 2.80. The summed E-state index contributed by atoms with van der Waals surface area (Å²) in [5.74, 6) is 0. The summed E-state index contributed by atoms with van der Waals surface area (Å²) in [6, 6.07) is 10.7. The molecule has 0 atom stereocenters. The number of allylic oxidation sites excluding steroid dienone is 3. The van der Waals surface area contributed by atoms with Gasteiger partial charge in [-0.3, -0.25) is 0 Å². The van der Waals surface area contributed by atoms with E-state index < -0.39 is 0 Å². The van der Waals surface area contributed by atoms with Crippen LogP contribution in [0.4, 0.5) is 0 Å². The van der Waals surface area contributed by atoms with Crippen LogP contribution in [0.3, 0.4) is 0 Å². The van der Waals surface area contributed by atoms with Crippen LogP contribution in [-0.2, 0) is 6.42 Å². The lowest BCUT2D eigenvalue weighted by Gasteiger charge is -2.09. The second kappa shape index (κ2) is 5.25. The SMILES string of the molecule is C1=CCc2c(c3c(n2-c2ccccc2)=CCCCC=3)C=C1. The fourth-order valence-corrected chi connectivity index (χ4v) is 3.37. The normalized spacial score (nSPS) is 16.2. The fraction of sp³-hybridized carbons (Fsp3) is 0.200. The van der Waals surface area contributed by atoms with Gasteiger partial charge < -0.3 is 4.57 Å². The minimum absolute atomic E-state index is 0.992. The topological polar surface area (TPSA) is 4.93 Å². The number of aromatic nitrogens is 1. The van der Waals surface area contributed by atoms with Crippen molar-refractivity contribution in [1.82, 2.24) is 4.57 Å². The Kier molecular flexibility index (Phi) is 3.11. The average Bonchev–Trinajstić information content (AvgIpc) is 2.77. The second-order valence-corrected chi connectivity index (χ2v) is 5.66. The summed E-state index contributed by atoms with van der Waals surface area (Å²) in [6.07, 6.45) is 18.3. The van der Waals surface area contributed by atoms with Crippen LogP contribution < -0.4 is 10.6 Å². The van der Waals surface area contributed by atoms with Gasteiger partial charge in [-0.2, -0.15) is 0 Å². The van der Waals surface area contributed by atoms with E-state index in [4.69, 9.17) is 0 Å². The van der Waals surface area contributed by atoms with E-state index in [0.29, 0.717) is 0 Å². The lowest BCUT2D eigenvalue weighted by atomic mass is 10.1. The first kappa shape index (κ1) is 12.5. The maximum absolute atomic E-state index is 2.45. The highest BCUT2D eigenvalue weighted by Gasteiger charge is 2.15. The molecule has 0 fully saturated rings. The van der Waals surface area contributed by atoms with Crippen LogP contribution in [0.15, 0.2) is 48.6 Å².